The molecule has 1 saturated carbocycles. The molecule has 34 heavy (non-hydrogen) atoms. The average Bonchev–Trinajstić information content (AvgIpc) is 3.07. The van der Waals surface area contributed by atoms with E-state index in [0.29, 0.717) is 28.8 Å². The molecule has 6 nitrogen and oxygen atoms in total. The number of amides is 1. The second kappa shape index (κ2) is 9.48. The van der Waals surface area contributed by atoms with E-state index in [9.17, 15) is 28.2 Å². The van der Waals surface area contributed by atoms with Gasteiger partial charge in [-0.25, -0.2) is 0 Å². The number of aryl methyl sites for hydroxylation is 1. The van der Waals surface area contributed by atoms with E-state index < -0.39 is 36.2 Å². The van der Waals surface area contributed by atoms with E-state index in [1.54, 1.807) is 28.8 Å². The Morgan fingerprint density at radius 1 is 1.26 bits per heavy atom. The van der Waals surface area contributed by atoms with Crippen LogP contribution >= 0.6 is 23.2 Å². The summed E-state index contributed by atoms with van der Waals surface area (Å²) in [6, 6.07) is 2.40. The lowest BCUT2D eigenvalue weighted by molar-refractivity contribution is -0.234. The van der Waals surface area contributed by atoms with E-state index in [1.165, 1.54) is 0 Å². The van der Waals surface area contributed by atoms with Crippen molar-refractivity contribution in [2.75, 3.05) is 6.61 Å². The van der Waals surface area contributed by atoms with Gasteiger partial charge in [-0.1, -0.05) is 29.6 Å². The van der Waals surface area contributed by atoms with E-state index in [2.05, 4.69) is 5.10 Å². The van der Waals surface area contributed by atoms with Crippen molar-refractivity contribution < 1.29 is 28.2 Å². The minimum atomic E-state index is -4.70. The van der Waals surface area contributed by atoms with Gasteiger partial charge in [0.25, 0.3) is 0 Å². The molecule has 1 aromatic heterocycles. The summed E-state index contributed by atoms with van der Waals surface area (Å²) < 4.78 is 41.6. The van der Waals surface area contributed by atoms with E-state index >= 15 is 0 Å². The molecule has 6 atom stereocenters. The zero-order chi connectivity index (χ0) is 24.9. The third-order valence-electron chi connectivity index (χ3n) is 7.76. The molecule has 1 aliphatic carbocycles. The molecule has 2 heterocycles. The molecule has 188 valence electrons. The summed E-state index contributed by atoms with van der Waals surface area (Å²) in [5.41, 5.74) is 1.25. The van der Waals surface area contributed by atoms with Crippen LogP contribution in [0, 0.1) is 17.8 Å². The van der Waals surface area contributed by atoms with Crippen LogP contribution in [0.2, 0.25) is 10.2 Å². The van der Waals surface area contributed by atoms with Gasteiger partial charge in [0.15, 0.2) is 11.3 Å². The number of halogens is 5. The number of carbonyl (C=O) groups is 1. The van der Waals surface area contributed by atoms with Crippen LogP contribution in [0.4, 0.5) is 13.2 Å². The lowest BCUT2D eigenvalue weighted by atomic mass is 9.62. The van der Waals surface area contributed by atoms with Crippen molar-refractivity contribution in [3.8, 4) is 0 Å². The van der Waals surface area contributed by atoms with Gasteiger partial charge in [0.1, 0.15) is 0 Å². The molecule has 0 spiro atoms. The molecule has 0 bridgehead atoms. The monoisotopic (exact) mass is 521 g/mol. The molecule has 2 fully saturated rings. The summed E-state index contributed by atoms with van der Waals surface area (Å²) in [7, 11) is 1.73. The molecule has 2 aliphatic rings. The van der Waals surface area contributed by atoms with Crippen LogP contribution in [-0.2, 0) is 18.3 Å². The lowest BCUT2D eigenvalue weighted by Crippen LogP contribution is -2.60. The summed E-state index contributed by atoms with van der Waals surface area (Å²) in [6.45, 7) is 1.44. The fourth-order valence-corrected chi connectivity index (χ4v) is 6.79. The molecule has 1 aromatic carbocycles. The number of hydrogen-bond acceptors (Lipinski definition) is 4. The van der Waals surface area contributed by atoms with E-state index in [4.69, 9.17) is 23.2 Å². The Morgan fingerprint density at radius 3 is 2.62 bits per heavy atom. The van der Waals surface area contributed by atoms with Crippen LogP contribution in [0.25, 0.3) is 10.9 Å². The molecule has 0 unspecified atom stereocenters. The number of benzene rings is 1. The predicted molar refractivity (Wildman–Crippen MR) is 123 cm³/mol. The summed E-state index contributed by atoms with van der Waals surface area (Å²) in [5, 5.41) is 25.5. The Morgan fingerprint density at radius 2 is 1.97 bits per heavy atom. The fourth-order valence-electron chi connectivity index (χ4n) is 6.24. The highest BCUT2D eigenvalue weighted by Crippen LogP contribution is 2.48. The number of hydrogen-bond donors (Lipinski definition) is 2. The second-order valence-electron chi connectivity index (χ2n) is 9.53. The van der Waals surface area contributed by atoms with Crippen molar-refractivity contribution in [3.63, 3.8) is 0 Å². The molecular weight excluding hydrogens is 494 g/mol. The van der Waals surface area contributed by atoms with Crippen LogP contribution in [0.1, 0.15) is 38.2 Å². The largest absolute Gasteiger partial charge is 0.414 e. The van der Waals surface area contributed by atoms with Gasteiger partial charge in [-0.2, -0.15) is 18.3 Å². The van der Waals surface area contributed by atoms with Crippen molar-refractivity contribution >= 4 is 40.0 Å². The number of aliphatic hydroxyl groups excluding tert-OH is 2. The van der Waals surface area contributed by atoms with Gasteiger partial charge in [0, 0.05) is 23.5 Å². The molecule has 4 rings (SSSR count). The highest BCUT2D eigenvalue weighted by atomic mass is 35.5. The molecule has 2 N–H and O–H groups in total. The molecule has 1 aliphatic heterocycles. The number of alkyl halides is 3. The number of carbonyl (C=O) groups excluding carboxylic acids is 1. The maximum atomic E-state index is 13.6. The third kappa shape index (κ3) is 4.40. The van der Waals surface area contributed by atoms with Gasteiger partial charge in [-0.05, 0) is 61.6 Å². The second-order valence-corrected chi connectivity index (χ2v) is 10.3. The summed E-state index contributed by atoms with van der Waals surface area (Å²) in [5.74, 6) is -1.85. The Bertz CT molecular complexity index is 1080. The highest BCUT2D eigenvalue weighted by molar-refractivity contribution is 6.37. The van der Waals surface area contributed by atoms with Crippen LogP contribution < -0.4 is 0 Å². The molecule has 1 amide bonds. The highest BCUT2D eigenvalue weighted by Gasteiger charge is 2.53. The predicted octanol–water partition coefficient (Wildman–Crippen LogP) is 4.36. The van der Waals surface area contributed by atoms with Gasteiger partial charge in [0.2, 0.25) is 5.91 Å². The molecular formula is C23H28Cl2F3N3O3. The fraction of sp³-hybridized carbons (Fsp3) is 0.652. The maximum Gasteiger partial charge on any atom is 0.414 e. The van der Waals surface area contributed by atoms with Crippen molar-refractivity contribution in [3.05, 3.63) is 27.9 Å². The van der Waals surface area contributed by atoms with E-state index in [0.717, 1.165) is 5.52 Å². The topological polar surface area (TPSA) is 78.6 Å². The van der Waals surface area contributed by atoms with Crippen molar-refractivity contribution in [1.82, 2.24) is 14.7 Å². The first kappa shape index (κ1) is 25.5. The van der Waals surface area contributed by atoms with Crippen LogP contribution in [0.5, 0.6) is 0 Å². The van der Waals surface area contributed by atoms with Crippen molar-refractivity contribution in [2.45, 2.75) is 63.4 Å². The first-order valence-electron chi connectivity index (χ1n) is 11.4. The Labute approximate surface area is 205 Å². The molecule has 0 radical (unpaired) electrons. The minimum absolute atomic E-state index is 0.0750. The van der Waals surface area contributed by atoms with Gasteiger partial charge >= 0.3 is 6.18 Å². The molecule has 2 aromatic rings. The van der Waals surface area contributed by atoms with Crippen LogP contribution in [0.3, 0.4) is 0 Å². The minimum Gasteiger partial charge on any atom is -0.394 e. The van der Waals surface area contributed by atoms with Gasteiger partial charge in [0.05, 0.1) is 24.6 Å². The van der Waals surface area contributed by atoms with Gasteiger partial charge in [-0.15, -0.1) is 0 Å². The number of aliphatic hydroxyl groups is 2. The van der Waals surface area contributed by atoms with Crippen molar-refractivity contribution in [2.24, 2.45) is 24.8 Å². The molecule has 1 saturated heterocycles. The Balaban J connectivity index is 1.63. The SMILES string of the molecule is C[C@H]1[C@H]2CCC[C@@H]([C@H](O)C(F)(F)F)[C@@H]2C[C@H](CO)N1C(=O)Cc1c(Cl)ccc2c1c(Cl)nn2C. The third-order valence-corrected chi connectivity index (χ3v) is 8.38. The lowest BCUT2D eigenvalue weighted by Gasteiger charge is -2.53. The normalized spacial score (nSPS) is 28.7. The standard InChI is InChI=1S/C23H28Cl2F3N3O3/c1-11-13-4-3-5-14(21(34)23(26,27)28)15(13)8-12(10-32)31(11)19(33)9-16-17(24)6-7-18-20(16)22(25)29-30(18)2/h6-7,11-15,21,32,34H,3-5,8-10H2,1-2H3/t11-,12+,13+,14+,15+,21-/m0/s1. The number of nitrogens with zero attached hydrogens (tertiary/aromatic N) is 3. The summed E-state index contributed by atoms with van der Waals surface area (Å²) >= 11 is 12.7. The smallest absolute Gasteiger partial charge is 0.394 e. The molecule has 11 heteroatoms. The summed E-state index contributed by atoms with van der Waals surface area (Å²) in [6.07, 6.45) is -5.48. The zero-order valence-electron chi connectivity index (χ0n) is 18.9. The number of fused-ring (bicyclic) bond motifs is 2. The quantitative estimate of drug-likeness (QED) is 0.626. The first-order chi connectivity index (χ1) is 16.0. The van der Waals surface area contributed by atoms with Crippen LogP contribution in [-0.4, -0.2) is 61.8 Å². The van der Waals surface area contributed by atoms with E-state index in [1.807, 2.05) is 6.92 Å². The number of rotatable bonds is 4. The number of likely N-dealkylation sites (tertiary alicyclic amines) is 1. The number of piperidine rings is 1. The van der Waals surface area contributed by atoms with Gasteiger partial charge in [-0.3, -0.25) is 9.48 Å². The zero-order valence-corrected chi connectivity index (χ0v) is 20.4. The Hall–Kier alpha value is -1.55. The first-order valence-corrected chi connectivity index (χ1v) is 12.2. The number of aromatic nitrogens is 2. The summed E-state index contributed by atoms with van der Waals surface area (Å²) in [4.78, 5) is 15.2. The van der Waals surface area contributed by atoms with Crippen molar-refractivity contribution in [1.29, 1.82) is 0 Å². The Kier molecular flexibility index (Phi) is 7.12. The average molecular weight is 522 g/mol. The van der Waals surface area contributed by atoms with Gasteiger partial charge < -0.3 is 15.1 Å². The van der Waals surface area contributed by atoms with Crippen LogP contribution in [0.15, 0.2) is 12.1 Å². The van der Waals surface area contributed by atoms with E-state index in [-0.39, 0.29) is 42.8 Å². The maximum absolute atomic E-state index is 13.6.